The standard InChI is InChI=1S/C17H23N3/c1-20-12-11-19-16(20)10-9-14-7-4-6-13-5-2-3-8-15(13)17(14)18/h2-3,5,8,11-12,14,17H,4,6-7,9-10,18H2,1H3. The van der Waals surface area contributed by atoms with Gasteiger partial charge in [0.05, 0.1) is 0 Å². The van der Waals surface area contributed by atoms with Crippen molar-refractivity contribution in [1.29, 1.82) is 0 Å². The number of aromatic nitrogens is 2. The Morgan fingerprint density at radius 2 is 2.20 bits per heavy atom. The lowest BCUT2D eigenvalue weighted by molar-refractivity contribution is 0.374. The molecule has 3 heteroatoms. The molecule has 1 aromatic carbocycles. The second kappa shape index (κ2) is 5.80. The number of hydrogen-bond acceptors (Lipinski definition) is 2. The molecule has 0 saturated heterocycles. The van der Waals surface area contributed by atoms with Crippen LogP contribution in [0.2, 0.25) is 0 Å². The van der Waals surface area contributed by atoms with E-state index in [2.05, 4.69) is 40.9 Å². The highest BCUT2D eigenvalue weighted by Gasteiger charge is 2.24. The highest BCUT2D eigenvalue weighted by molar-refractivity contribution is 5.31. The van der Waals surface area contributed by atoms with Crippen LogP contribution in [-0.4, -0.2) is 9.55 Å². The molecule has 0 radical (unpaired) electrons. The molecular formula is C17H23N3. The van der Waals surface area contributed by atoms with Crippen molar-refractivity contribution in [1.82, 2.24) is 9.55 Å². The summed E-state index contributed by atoms with van der Waals surface area (Å²) in [6.45, 7) is 0. The van der Waals surface area contributed by atoms with E-state index in [0.29, 0.717) is 5.92 Å². The molecule has 2 aromatic rings. The minimum atomic E-state index is 0.175. The molecule has 1 heterocycles. The van der Waals surface area contributed by atoms with Crippen LogP contribution in [0.25, 0.3) is 0 Å². The van der Waals surface area contributed by atoms with Crippen LogP contribution in [0.3, 0.4) is 0 Å². The Bertz CT molecular complexity index is 573. The lowest BCUT2D eigenvalue weighted by Crippen LogP contribution is -2.22. The van der Waals surface area contributed by atoms with Crippen LogP contribution in [0.4, 0.5) is 0 Å². The van der Waals surface area contributed by atoms with Gasteiger partial charge >= 0.3 is 0 Å². The van der Waals surface area contributed by atoms with Gasteiger partial charge in [0, 0.05) is 31.9 Å². The molecule has 0 saturated carbocycles. The van der Waals surface area contributed by atoms with Crippen molar-refractivity contribution >= 4 is 0 Å². The number of imidazole rings is 1. The predicted octanol–water partition coefficient (Wildman–Crippen LogP) is 3.01. The van der Waals surface area contributed by atoms with Crippen molar-refractivity contribution in [2.45, 2.75) is 38.1 Å². The minimum Gasteiger partial charge on any atom is -0.338 e. The number of hydrogen-bond donors (Lipinski definition) is 1. The van der Waals surface area contributed by atoms with Crippen LogP contribution in [0, 0.1) is 5.92 Å². The summed E-state index contributed by atoms with van der Waals surface area (Å²) in [5.74, 6) is 1.73. The summed E-state index contributed by atoms with van der Waals surface area (Å²) < 4.78 is 2.11. The average Bonchev–Trinajstić information content (AvgIpc) is 2.80. The smallest absolute Gasteiger partial charge is 0.108 e. The van der Waals surface area contributed by atoms with Crippen LogP contribution >= 0.6 is 0 Å². The summed E-state index contributed by atoms with van der Waals surface area (Å²) in [7, 11) is 2.06. The van der Waals surface area contributed by atoms with E-state index in [0.717, 1.165) is 18.7 Å². The second-order valence-corrected chi connectivity index (χ2v) is 5.87. The third-order valence-corrected chi connectivity index (χ3v) is 4.60. The summed E-state index contributed by atoms with van der Waals surface area (Å²) in [5.41, 5.74) is 9.34. The van der Waals surface area contributed by atoms with E-state index in [1.807, 2.05) is 12.4 Å². The normalized spacial score (nSPS) is 22.3. The maximum Gasteiger partial charge on any atom is 0.108 e. The molecule has 106 valence electrons. The highest BCUT2D eigenvalue weighted by Crippen LogP contribution is 2.33. The van der Waals surface area contributed by atoms with Gasteiger partial charge in [0.1, 0.15) is 5.82 Å². The Kier molecular flexibility index (Phi) is 3.88. The first-order chi connectivity index (χ1) is 9.75. The van der Waals surface area contributed by atoms with Crippen LogP contribution in [0.1, 0.15) is 42.3 Å². The van der Waals surface area contributed by atoms with Gasteiger partial charge in [-0.1, -0.05) is 24.3 Å². The Morgan fingerprint density at radius 3 is 3.00 bits per heavy atom. The summed E-state index contributed by atoms with van der Waals surface area (Å²) in [6.07, 6.45) is 9.67. The van der Waals surface area contributed by atoms with Crippen LogP contribution in [-0.2, 0) is 19.9 Å². The summed E-state index contributed by atoms with van der Waals surface area (Å²) >= 11 is 0. The lowest BCUT2D eigenvalue weighted by Gasteiger charge is -2.22. The topological polar surface area (TPSA) is 43.8 Å². The van der Waals surface area contributed by atoms with Crippen molar-refractivity contribution in [3.05, 3.63) is 53.6 Å². The number of nitrogens with two attached hydrogens (primary N) is 1. The number of aryl methyl sites for hydroxylation is 3. The molecule has 3 nitrogen and oxygen atoms in total. The summed E-state index contributed by atoms with van der Waals surface area (Å²) in [5, 5.41) is 0. The SMILES string of the molecule is Cn1ccnc1CCC1CCCc2ccccc2C1N. The average molecular weight is 269 g/mol. The zero-order chi connectivity index (χ0) is 13.9. The van der Waals surface area contributed by atoms with E-state index < -0.39 is 0 Å². The monoisotopic (exact) mass is 269 g/mol. The van der Waals surface area contributed by atoms with Crippen molar-refractivity contribution in [3.8, 4) is 0 Å². The van der Waals surface area contributed by atoms with Crippen molar-refractivity contribution in [2.24, 2.45) is 18.7 Å². The van der Waals surface area contributed by atoms with Crippen LogP contribution in [0.15, 0.2) is 36.7 Å². The fraction of sp³-hybridized carbons (Fsp3) is 0.471. The molecule has 20 heavy (non-hydrogen) atoms. The molecule has 2 N–H and O–H groups in total. The number of nitrogens with zero attached hydrogens (tertiary/aromatic N) is 2. The molecule has 3 rings (SSSR count). The molecule has 0 aliphatic heterocycles. The van der Waals surface area contributed by atoms with Crippen molar-refractivity contribution < 1.29 is 0 Å². The number of benzene rings is 1. The van der Waals surface area contributed by atoms with E-state index >= 15 is 0 Å². The molecule has 0 bridgehead atoms. The van der Waals surface area contributed by atoms with Crippen LogP contribution < -0.4 is 5.73 Å². The van der Waals surface area contributed by atoms with Crippen LogP contribution in [0.5, 0.6) is 0 Å². The molecule has 0 amide bonds. The Morgan fingerprint density at radius 1 is 1.35 bits per heavy atom. The highest BCUT2D eigenvalue weighted by atomic mass is 15.0. The third-order valence-electron chi connectivity index (χ3n) is 4.60. The Balaban J connectivity index is 1.73. The largest absolute Gasteiger partial charge is 0.338 e. The van der Waals surface area contributed by atoms with Gasteiger partial charge < -0.3 is 10.3 Å². The zero-order valence-corrected chi connectivity index (χ0v) is 12.1. The zero-order valence-electron chi connectivity index (χ0n) is 12.1. The number of rotatable bonds is 3. The van der Waals surface area contributed by atoms with Gasteiger partial charge in [-0.2, -0.15) is 0 Å². The molecule has 2 unspecified atom stereocenters. The van der Waals surface area contributed by atoms with Gasteiger partial charge in [0.2, 0.25) is 0 Å². The van der Waals surface area contributed by atoms with Gasteiger partial charge in [0.15, 0.2) is 0 Å². The van der Waals surface area contributed by atoms with Gasteiger partial charge in [-0.3, -0.25) is 0 Å². The van der Waals surface area contributed by atoms with Gasteiger partial charge in [0.25, 0.3) is 0 Å². The summed E-state index contributed by atoms with van der Waals surface area (Å²) in [6, 6.07) is 8.85. The van der Waals surface area contributed by atoms with E-state index in [4.69, 9.17) is 5.73 Å². The fourth-order valence-corrected chi connectivity index (χ4v) is 3.35. The van der Waals surface area contributed by atoms with E-state index in [-0.39, 0.29) is 6.04 Å². The minimum absolute atomic E-state index is 0.175. The quantitative estimate of drug-likeness (QED) is 0.870. The first-order valence-electron chi connectivity index (χ1n) is 7.55. The van der Waals surface area contributed by atoms with Gasteiger partial charge in [-0.25, -0.2) is 4.98 Å². The lowest BCUT2D eigenvalue weighted by atomic mass is 9.88. The Hall–Kier alpha value is -1.61. The molecule has 0 spiro atoms. The van der Waals surface area contributed by atoms with E-state index in [1.165, 1.54) is 30.4 Å². The van der Waals surface area contributed by atoms with E-state index in [1.54, 1.807) is 0 Å². The molecule has 1 aliphatic carbocycles. The maximum atomic E-state index is 6.54. The molecule has 1 aromatic heterocycles. The van der Waals surface area contributed by atoms with Gasteiger partial charge in [-0.05, 0) is 42.7 Å². The first kappa shape index (κ1) is 13.4. The maximum absolute atomic E-state index is 6.54. The third kappa shape index (κ3) is 2.63. The predicted molar refractivity (Wildman–Crippen MR) is 81.3 cm³/mol. The van der Waals surface area contributed by atoms with E-state index in [9.17, 15) is 0 Å². The van der Waals surface area contributed by atoms with Crippen molar-refractivity contribution in [2.75, 3.05) is 0 Å². The molecule has 2 atom stereocenters. The molecule has 1 aliphatic rings. The van der Waals surface area contributed by atoms with Gasteiger partial charge in [-0.15, -0.1) is 0 Å². The second-order valence-electron chi connectivity index (χ2n) is 5.87. The molecule has 0 fully saturated rings. The number of fused-ring (bicyclic) bond motifs is 1. The fourth-order valence-electron chi connectivity index (χ4n) is 3.35. The van der Waals surface area contributed by atoms with Crippen molar-refractivity contribution in [3.63, 3.8) is 0 Å². The summed E-state index contributed by atoms with van der Waals surface area (Å²) in [4.78, 5) is 4.42. The Labute approximate surface area is 120 Å². The first-order valence-corrected chi connectivity index (χ1v) is 7.55. The molecular weight excluding hydrogens is 246 g/mol.